The third-order valence-electron chi connectivity index (χ3n) is 6.90. The zero-order valence-corrected chi connectivity index (χ0v) is 23.2. The number of amides is 2. The molecule has 0 radical (unpaired) electrons. The number of nitrogens with one attached hydrogen (secondary N) is 3. The predicted octanol–water partition coefficient (Wildman–Crippen LogP) is 2.94. The Morgan fingerprint density at radius 2 is 1.80 bits per heavy atom. The van der Waals surface area contributed by atoms with E-state index in [1.807, 2.05) is 38.1 Å². The average molecular weight is 556 g/mol. The number of pyridine rings is 1. The highest BCUT2D eigenvalue weighted by Gasteiger charge is 2.20. The van der Waals surface area contributed by atoms with E-state index in [1.54, 1.807) is 43.6 Å². The van der Waals surface area contributed by atoms with E-state index < -0.39 is 13.2 Å². The summed E-state index contributed by atoms with van der Waals surface area (Å²) >= 11 is 0. The van der Waals surface area contributed by atoms with Crippen molar-refractivity contribution in [2.45, 2.75) is 26.3 Å². The maximum absolute atomic E-state index is 12.9. The van der Waals surface area contributed by atoms with Crippen LogP contribution >= 0.6 is 0 Å². The third-order valence-corrected chi connectivity index (χ3v) is 6.90. The fourth-order valence-electron chi connectivity index (χ4n) is 4.61. The van der Waals surface area contributed by atoms with Crippen molar-refractivity contribution in [1.29, 1.82) is 0 Å². The van der Waals surface area contributed by atoms with Crippen LogP contribution in [-0.4, -0.2) is 59.3 Å². The van der Waals surface area contributed by atoms with Gasteiger partial charge in [0.2, 0.25) is 5.91 Å². The van der Waals surface area contributed by atoms with Crippen LogP contribution in [0, 0.1) is 6.92 Å². The molecule has 11 heteroatoms. The minimum Gasteiger partial charge on any atom is -0.449 e. The number of hydrogen-bond donors (Lipinski definition) is 5. The minimum atomic E-state index is -1.77. The molecule has 1 heterocycles. The van der Waals surface area contributed by atoms with Crippen LogP contribution in [0.4, 0.5) is 16.2 Å². The number of hydrogen-bond acceptors (Lipinski definition) is 7. The maximum Gasteiger partial charge on any atom is 0.488 e. The Kier molecular flexibility index (Phi) is 9.43. The van der Waals surface area contributed by atoms with E-state index in [9.17, 15) is 24.4 Å². The van der Waals surface area contributed by atoms with Gasteiger partial charge in [-0.3, -0.25) is 14.9 Å². The first-order valence-corrected chi connectivity index (χ1v) is 13.2. The van der Waals surface area contributed by atoms with Crippen LogP contribution in [0.1, 0.15) is 29.5 Å². The predicted molar refractivity (Wildman–Crippen MR) is 160 cm³/mol. The van der Waals surface area contributed by atoms with Crippen LogP contribution in [-0.2, 0) is 16.1 Å². The van der Waals surface area contributed by atoms with E-state index in [0.717, 1.165) is 16.5 Å². The average Bonchev–Trinajstić information content (AvgIpc) is 2.95. The van der Waals surface area contributed by atoms with Crippen molar-refractivity contribution in [3.8, 4) is 0 Å². The molecule has 0 aliphatic carbocycles. The van der Waals surface area contributed by atoms with Gasteiger partial charge in [-0.05, 0) is 64.8 Å². The molecule has 2 amide bonds. The van der Waals surface area contributed by atoms with Crippen molar-refractivity contribution < 1.29 is 24.4 Å². The Hall–Kier alpha value is -4.61. The molecule has 1 aromatic heterocycles. The molecule has 1 unspecified atom stereocenters. The van der Waals surface area contributed by atoms with Gasteiger partial charge >= 0.3 is 13.2 Å². The summed E-state index contributed by atoms with van der Waals surface area (Å²) in [6.07, 6.45) is 0.936. The molecular formula is C30H33BN4O6. The minimum absolute atomic E-state index is 0.00740. The number of aromatic nitrogens is 1. The monoisotopic (exact) mass is 556 g/mol. The Labute approximate surface area is 238 Å². The molecule has 41 heavy (non-hydrogen) atoms. The number of ether oxygens (including phenoxy) is 1. The molecule has 0 saturated carbocycles. The molecule has 0 fully saturated rings. The number of carbonyl (C=O) groups is 2. The molecule has 1 atom stereocenters. The van der Waals surface area contributed by atoms with E-state index >= 15 is 0 Å². The lowest BCUT2D eigenvalue weighted by molar-refractivity contribution is -0.128. The second-order valence-corrected chi connectivity index (χ2v) is 9.98. The highest BCUT2D eigenvalue weighted by molar-refractivity contribution is 6.59. The highest BCUT2D eigenvalue weighted by atomic mass is 16.5. The lowest BCUT2D eigenvalue weighted by atomic mass is 9.76. The zero-order chi connectivity index (χ0) is 29.5. The number of nitrogens with zero attached hydrogens (tertiary/aromatic N) is 1. The van der Waals surface area contributed by atoms with Gasteiger partial charge in [0.25, 0.3) is 5.56 Å². The fourth-order valence-corrected chi connectivity index (χ4v) is 4.61. The number of rotatable bonds is 10. The standard InChI is InChI=1S/C30H33BN4O6/c1-19-6-4-5-7-25(19)20(2)18-41-30(38)34-24-10-11-27(31(39)40)22(14-24)17-35(3)28(36)16-33-23-9-8-21-12-13-32-29(37)26(21)15-23/h4-15,20,33,39-40H,16-18H2,1-3H3,(H,32,37)(H,34,38). The van der Waals surface area contributed by atoms with E-state index in [0.29, 0.717) is 22.3 Å². The largest absolute Gasteiger partial charge is 0.488 e. The number of anilines is 2. The molecule has 0 saturated heterocycles. The van der Waals surface area contributed by atoms with Crippen molar-refractivity contribution in [2.24, 2.45) is 0 Å². The Morgan fingerprint density at radius 1 is 1.05 bits per heavy atom. The van der Waals surface area contributed by atoms with E-state index in [1.165, 1.54) is 17.0 Å². The normalized spacial score (nSPS) is 11.5. The second kappa shape index (κ2) is 13.2. The molecule has 5 N–H and O–H groups in total. The van der Waals surface area contributed by atoms with E-state index in [-0.39, 0.29) is 42.5 Å². The fraction of sp³-hybridized carbons (Fsp3) is 0.233. The lowest BCUT2D eigenvalue weighted by Gasteiger charge is -2.21. The van der Waals surface area contributed by atoms with Gasteiger partial charge in [-0.15, -0.1) is 0 Å². The zero-order valence-electron chi connectivity index (χ0n) is 23.2. The quantitative estimate of drug-likeness (QED) is 0.189. The lowest BCUT2D eigenvalue weighted by Crippen LogP contribution is -2.38. The maximum atomic E-state index is 12.9. The molecule has 0 aliphatic rings. The van der Waals surface area contributed by atoms with Crippen molar-refractivity contribution in [1.82, 2.24) is 9.88 Å². The molecule has 10 nitrogen and oxygen atoms in total. The Morgan fingerprint density at radius 3 is 2.56 bits per heavy atom. The van der Waals surface area contributed by atoms with Crippen LogP contribution in [0.2, 0.25) is 0 Å². The van der Waals surface area contributed by atoms with Crippen LogP contribution in [0.3, 0.4) is 0 Å². The number of aryl methyl sites for hydroxylation is 1. The first-order chi connectivity index (χ1) is 19.6. The molecule has 3 aromatic carbocycles. The van der Waals surface area contributed by atoms with E-state index in [4.69, 9.17) is 4.74 Å². The molecule has 0 aliphatic heterocycles. The van der Waals surface area contributed by atoms with Crippen molar-refractivity contribution in [3.05, 3.63) is 100.0 Å². The number of fused-ring (bicyclic) bond motifs is 1. The molecule has 212 valence electrons. The van der Waals surface area contributed by atoms with Crippen LogP contribution in [0.25, 0.3) is 10.8 Å². The summed E-state index contributed by atoms with van der Waals surface area (Å²) in [5.74, 6) is -0.263. The number of carbonyl (C=O) groups excluding carboxylic acids is 2. The van der Waals surface area contributed by atoms with Gasteiger partial charge in [0, 0.05) is 42.5 Å². The summed E-state index contributed by atoms with van der Waals surface area (Å²) in [6.45, 7) is 4.18. The SMILES string of the molecule is Cc1ccccc1C(C)COC(=O)Nc1ccc(B(O)O)c(CN(C)C(=O)CNc2ccc3cc[nH]c(=O)c3c2)c1. The number of aromatic amines is 1. The Balaban J connectivity index is 1.37. The number of H-pyrrole nitrogens is 1. The summed E-state index contributed by atoms with van der Waals surface area (Å²) in [6, 6.07) is 19.6. The molecule has 4 aromatic rings. The van der Waals surface area contributed by atoms with Gasteiger partial charge in [0.1, 0.15) is 0 Å². The molecule has 0 spiro atoms. The van der Waals surface area contributed by atoms with Gasteiger partial charge in [-0.1, -0.05) is 43.3 Å². The highest BCUT2D eigenvalue weighted by Crippen LogP contribution is 2.20. The van der Waals surface area contributed by atoms with Gasteiger partial charge in [0.15, 0.2) is 0 Å². The first kappa shape index (κ1) is 29.4. The molecule has 0 bridgehead atoms. The summed E-state index contributed by atoms with van der Waals surface area (Å²) < 4.78 is 5.42. The molecule has 4 rings (SSSR count). The number of benzene rings is 3. The van der Waals surface area contributed by atoms with Crippen molar-refractivity contribution in [2.75, 3.05) is 30.8 Å². The first-order valence-electron chi connectivity index (χ1n) is 13.2. The van der Waals surface area contributed by atoms with Crippen molar-refractivity contribution >= 4 is 46.7 Å². The van der Waals surface area contributed by atoms with Gasteiger partial charge in [-0.2, -0.15) is 0 Å². The Bertz CT molecular complexity index is 1610. The molecular weight excluding hydrogens is 523 g/mol. The number of likely N-dealkylation sites (N-methyl/N-ethyl adjacent to an activating group) is 1. The van der Waals surface area contributed by atoms with E-state index in [2.05, 4.69) is 15.6 Å². The summed E-state index contributed by atoms with van der Waals surface area (Å²) in [7, 11) is -0.178. The van der Waals surface area contributed by atoms with Gasteiger partial charge < -0.3 is 30.0 Å². The van der Waals surface area contributed by atoms with Crippen LogP contribution in [0.15, 0.2) is 77.7 Å². The summed E-state index contributed by atoms with van der Waals surface area (Å²) in [5.41, 5.74) is 3.65. The van der Waals surface area contributed by atoms with Crippen molar-refractivity contribution in [3.63, 3.8) is 0 Å². The smallest absolute Gasteiger partial charge is 0.449 e. The van der Waals surface area contributed by atoms with Gasteiger partial charge in [0.05, 0.1) is 13.2 Å². The van der Waals surface area contributed by atoms with Crippen LogP contribution in [0.5, 0.6) is 0 Å². The topological polar surface area (TPSA) is 144 Å². The second-order valence-electron chi connectivity index (χ2n) is 9.98. The van der Waals surface area contributed by atoms with Crippen LogP contribution < -0.4 is 21.7 Å². The summed E-state index contributed by atoms with van der Waals surface area (Å²) in [5, 5.41) is 26.7. The van der Waals surface area contributed by atoms with Gasteiger partial charge in [-0.25, -0.2) is 4.79 Å². The summed E-state index contributed by atoms with van der Waals surface area (Å²) in [4.78, 5) is 41.5. The third kappa shape index (κ3) is 7.53.